The summed E-state index contributed by atoms with van der Waals surface area (Å²) in [5.74, 6) is -2.29. The van der Waals surface area contributed by atoms with Crippen LogP contribution in [0.4, 0.5) is 17.6 Å². The van der Waals surface area contributed by atoms with Crippen LogP contribution in [0, 0.1) is 5.82 Å². The molecule has 4 rings (SSSR count). The van der Waals surface area contributed by atoms with Crippen LogP contribution in [-0.4, -0.2) is 22.1 Å². The molecule has 2 N–H and O–H groups in total. The van der Waals surface area contributed by atoms with Gasteiger partial charge < -0.3 is 5.11 Å². The monoisotopic (exact) mass is 539 g/mol. The van der Waals surface area contributed by atoms with Gasteiger partial charge in [-0.05, 0) is 34.4 Å². The molecule has 0 heterocycles. The molecule has 8 heteroatoms. The van der Waals surface area contributed by atoms with Crippen LogP contribution < -0.4 is 5.32 Å². The summed E-state index contributed by atoms with van der Waals surface area (Å²) in [7, 11) is 0. The van der Waals surface area contributed by atoms with Crippen LogP contribution in [0.3, 0.4) is 0 Å². The van der Waals surface area contributed by atoms with E-state index in [2.05, 4.69) is 17.9 Å². The van der Waals surface area contributed by atoms with E-state index in [9.17, 15) is 27.5 Å². The highest BCUT2D eigenvalue weighted by molar-refractivity contribution is 7.82. The van der Waals surface area contributed by atoms with Crippen molar-refractivity contribution in [1.29, 1.82) is 0 Å². The SMILES string of the molecule is O=C(O)[C@](S)(CC(c1ccccc1)(c1ccccc1)c1ccccc1)N[C@H](c1ccc(F)cc1)C(F)(F)F. The van der Waals surface area contributed by atoms with Gasteiger partial charge in [0.05, 0.1) is 0 Å². The molecule has 4 aromatic rings. The summed E-state index contributed by atoms with van der Waals surface area (Å²) in [6, 6.07) is 28.4. The lowest BCUT2D eigenvalue weighted by atomic mass is 9.65. The zero-order valence-electron chi connectivity index (χ0n) is 20.1. The number of benzene rings is 4. The highest BCUT2D eigenvalue weighted by Gasteiger charge is 2.52. The largest absolute Gasteiger partial charge is 0.479 e. The molecule has 0 aliphatic rings. The highest BCUT2D eigenvalue weighted by Crippen LogP contribution is 2.47. The minimum Gasteiger partial charge on any atom is -0.479 e. The first kappa shape index (κ1) is 27.4. The zero-order valence-corrected chi connectivity index (χ0v) is 21.0. The summed E-state index contributed by atoms with van der Waals surface area (Å²) < 4.78 is 56.4. The Balaban J connectivity index is 1.93. The van der Waals surface area contributed by atoms with E-state index in [1.165, 1.54) is 0 Å². The number of hydrogen-bond acceptors (Lipinski definition) is 3. The lowest BCUT2D eigenvalue weighted by Crippen LogP contribution is -2.56. The van der Waals surface area contributed by atoms with Crippen LogP contribution in [-0.2, 0) is 10.2 Å². The molecule has 2 atom stereocenters. The van der Waals surface area contributed by atoms with Crippen molar-refractivity contribution in [3.63, 3.8) is 0 Å². The quantitative estimate of drug-likeness (QED) is 0.0916. The van der Waals surface area contributed by atoms with Gasteiger partial charge in [-0.25, -0.2) is 9.18 Å². The standard InChI is InChI=1S/C30H25F4NO2S/c31-25-18-16-21(17-19-25)26(30(32,33)34)35-29(38,27(36)37)20-28(22-10-4-1-5-11-22,23-12-6-2-7-13-23)24-14-8-3-9-15-24/h1-19,26,35,38H,20H2,(H,36,37)/t26-,29-/m1/s1. The van der Waals surface area contributed by atoms with Gasteiger partial charge in [0.1, 0.15) is 11.9 Å². The smallest absolute Gasteiger partial charge is 0.407 e. The Morgan fingerprint density at radius 3 is 1.47 bits per heavy atom. The van der Waals surface area contributed by atoms with Gasteiger partial charge in [0.25, 0.3) is 0 Å². The molecule has 0 aromatic heterocycles. The molecule has 0 bridgehead atoms. The average molecular weight is 540 g/mol. The second-order valence-corrected chi connectivity index (χ2v) is 9.78. The summed E-state index contributed by atoms with van der Waals surface area (Å²) in [4.78, 5) is 10.4. The molecule has 0 radical (unpaired) electrons. The predicted octanol–water partition coefficient (Wildman–Crippen LogP) is 7.15. The maximum atomic E-state index is 14.3. The van der Waals surface area contributed by atoms with E-state index < -0.39 is 34.3 Å². The molecule has 0 saturated carbocycles. The number of aliphatic carboxylic acids is 1. The number of carboxylic acid groups (broad SMARTS) is 1. The van der Waals surface area contributed by atoms with E-state index >= 15 is 0 Å². The lowest BCUT2D eigenvalue weighted by Gasteiger charge is -2.42. The van der Waals surface area contributed by atoms with Crippen LogP contribution in [0.5, 0.6) is 0 Å². The molecule has 38 heavy (non-hydrogen) atoms. The second kappa shape index (κ2) is 11.0. The first-order valence-corrected chi connectivity index (χ1v) is 12.2. The number of rotatable bonds is 9. The number of nitrogens with one attached hydrogen (secondary N) is 1. The summed E-state index contributed by atoms with van der Waals surface area (Å²) in [5, 5.41) is 12.7. The fourth-order valence-electron chi connectivity index (χ4n) is 4.79. The van der Waals surface area contributed by atoms with Crippen molar-refractivity contribution < 1.29 is 27.5 Å². The van der Waals surface area contributed by atoms with E-state index in [4.69, 9.17) is 0 Å². The van der Waals surface area contributed by atoms with Gasteiger partial charge in [0.2, 0.25) is 0 Å². The van der Waals surface area contributed by atoms with Crippen molar-refractivity contribution in [2.24, 2.45) is 0 Å². The molecule has 0 amide bonds. The van der Waals surface area contributed by atoms with Crippen LogP contribution in [0.25, 0.3) is 0 Å². The third-order valence-corrected chi connectivity index (χ3v) is 7.07. The van der Waals surface area contributed by atoms with Crippen LogP contribution in [0.15, 0.2) is 115 Å². The zero-order chi connectivity index (χ0) is 27.4. The number of carboxylic acids is 1. The lowest BCUT2D eigenvalue weighted by molar-refractivity contribution is -0.165. The molecule has 4 aromatic carbocycles. The number of thiol groups is 1. The summed E-state index contributed by atoms with van der Waals surface area (Å²) in [5.41, 5.74) is 0.525. The first-order valence-electron chi connectivity index (χ1n) is 11.8. The minimum absolute atomic E-state index is 0.330. The van der Waals surface area contributed by atoms with E-state index in [1.807, 2.05) is 54.6 Å². The Bertz CT molecular complexity index is 1250. The second-order valence-electron chi connectivity index (χ2n) is 9.02. The molecular formula is C30H25F4NO2S. The van der Waals surface area contributed by atoms with Crippen molar-refractivity contribution in [2.75, 3.05) is 0 Å². The third-order valence-electron chi connectivity index (χ3n) is 6.59. The highest BCUT2D eigenvalue weighted by atomic mass is 32.1. The molecule has 0 unspecified atom stereocenters. The van der Waals surface area contributed by atoms with Gasteiger partial charge in [-0.2, -0.15) is 13.2 Å². The molecule has 0 aliphatic heterocycles. The fraction of sp³-hybridized carbons (Fsp3) is 0.167. The molecule has 0 spiro atoms. The van der Waals surface area contributed by atoms with Gasteiger partial charge in [-0.15, -0.1) is 12.6 Å². The summed E-state index contributed by atoms with van der Waals surface area (Å²) in [6.07, 6.45) is -5.28. The number of halogens is 4. The Labute approximate surface area is 223 Å². The van der Waals surface area contributed by atoms with Crippen molar-refractivity contribution in [3.05, 3.63) is 143 Å². The van der Waals surface area contributed by atoms with E-state index in [0.717, 1.165) is 24.3 Å². The van der Waals surface area contributed by atoms with E-state index in [-0.39, 0.29) is 12.0 Å². The predicted molar refractivity (Wildman–Crippen MR) is 142 cm³/mol. The molecule has 0 aliphatic carbocycles. The molecule has 0 saturated heterocycles. The Morgan fingerprint density at radius 1 is 0.737 bits per heavy atom. The van der Waals surface area contributed by atoms with Gasteiger partial charge in [-0.3, -0.25) is 5.32 Å². The van der Waals surface area contributed by atoms with Gasteiger partial charge in [-0.1, -0.05) is 103 Å². The van der Waals surface area contributed by atoms with Crippen LogP contribution in [0.2, 0.25) is 0 Å². The third kappa shape index (κ3) is 5.61. The maximum absolute atomic E-state index is 14.3. The van der Waals surface area contributed by atoms with Gasteiger partial charge >= 0.3 is 12.1 Å². The van der Waals surface area contributed by atoms with Crippen molar-refractivity contribution in [2.45, 2.75) is 28.9 Å². The summed E-state index contributed by atoms with van der Waals surface area (Å²) in [6.45, 7) is 0. The number of hydrogen-bond donors (Lipinski definition) is 3. The Morgan fingerprint density at radius 2 is 1.13 bits per heavy atom. The number of alkyl halides is 3. The van der Waals surface area contributed by atoms with Gasteiger partial charge in [0, 0.05) is 11.8 Å². The molecular weight excluding hydrogens is 514 g/mol. The van der Waals surface area contributed by atoms with Crippen LogP contribution in [0.1, 0.15) is 34.7 Å². The topological polar surface area (TPSA) is 49.3 Å². The summed E-state index contributed by atoms with van der Waals surface area (Å²) >= 11 is 4.41. The van der Waals surface area contributed by atoms with Crippen LogP contribution >= 0.6 is 12.6 Å². The van der Waals surface area contributed by atoms with Crippen molar-refractivity contribution >= 4 is 18.6 Å². The van der Waals surface area contributed by atoms with Gasteiger partial charge in [0.15, 0.2) is 4.87 Å². The molecule has 3 nitrogen and oxygen atoms in total. The Kier molecular flexibility index (Phi) is 7.94. The van der Waals surface area contributed by atoms with E-state index in [1.54, 1.807) is 36.4 Å². The first-order chi connectivity index (χ1) is 18.1. The molecule has 196 valence electrons. The van der Waals surface area contributed by atoms with Crippen molar-refractivity contribution in [3.8, 4) is 0 Å². The van der Waals surface area contributed by atoms with E-state index in [0.29, 0.717) is 16.7 Å². The number of carbonyl (C=O) groups is 1. The van der Waals surface area contributed by atoms with Crippen molar-refractivity contribution in [1.82, 2.24) is 5.32 Å². The maximum Gasteiger partial charge on any atom is 0.407 e. The Hall–Kier alpha value is -3.62. The average Bonchev–Trinajstić information content (AvgIpc) is 2.92. The molecule has 0 fully saturated rings. The minimum atomic E-state index is -4.89. The normalized spacial score (nSPS) is 14.4. The fourth-order valence-corrected chi connectivity index (χ4v) is 5.16.